The van der Waals surface area contributed by atoms with E-state index < -0.39 is 15.9 Å². The van der Waals surface area contributed by atoms with E-state index in [1.54, 1.807) is 29.7 Å². The number of carbonyl (C=O) groups excluding carboxylic acids is 1. The van der Waals surface area contributed by atoms with Crippen molar-refractivity contribution < 1.29 is 17.9 Å². The van der Waals surface area contributed by atoms with Crippen molar-refractivity contribution in [2.45, 2.75) is 11.8 Å². The predicted molar refractivity (Wildman–Crippen MR) is 112 cm³/mol. The Balaban J connectivity index is 1.87. The summed E-state index contributed by atoms with van der Waals surface area (Å²) < 4.78 is 31.7. The van der Waals surface area contributed by atoms with Crippen LogP contribution in [0.5, 0.6) is 5.75 Å². The molecular weight excluding hydrogens is 418 g/mol. The lowest BCUT2D eigenvalue weighted by molar-refractivity contribution is 0.102. The molecule has 2 aromatic heterocycles. The minimum Gasteiger partial charge on any atom is -0.492 e. The van der Waals surface area contributed by atoms with E-state index in [2.05, 4.69) is 10.3 Å². The average molecular weight is 438 g/mol. The van der Waals surface area contributed by atoms with Crippen LogP contribution in [-0.4, -0.2) is 44.3 Å². The highest BCUT2D eigenvalue weighted by atomic mass is 32.2. The molecule has 3 aromatic rings. The average Bonchev–Trinajstić information content (AvgIpc) is 3.34. The normalized spacial score (nSPS) is 11.6. The molecule has 1 amide bonds. The van der Waals surface area contributed by atoms with Gasteiger partial charge in [0, 0.05) is 25.2 Å². The number of thiophene rings is 1. The molecule has 10 heteroatoms. The SMILES string of the molecule is CCOc1ccc(NC(=O)c2csc(-c3cccs3)n2)cc1S(=O)(=O)N(C)C. The minimum absolute atomic E-state index is 0.00491. The molecule has 0 saturated carbocycles. The van der Waals surface area contributed by atoms with E-state index in [1.165, 1.54) is 37.6 Å². The third-order valence-corrected chi connectivity index (χ3v) is 7.45. The second kappa shape index (κ2) is 8.39. The van der Waals surface area contributed by atoms with Crippen molar-refractivity contribution in [3.63, 3.8) is 0 Å². The van der Waals surface area contributed by atoms with E-state index in [-0.39, 0.29) is 16.3 Å². The Bertz CT molecular complexity index is 1070. The number of carbonyl (C=O) groups is 1. The fourth-order valence-corrected chi connectivity index (χ4v) is 5.01. The summed E-state index contributed by atoms with van der Waals surface area (Å²) >= 11 is 2.93. The van der Waals surface area contributed by atoms with E-state index in [0.717, 1.165) is 14.2 Å². The predicted octanol–water partition coefficient (Wildman–Crippen LogP) is 3.77. The first-order valence-corrected chi connectivity index (χ1v) is 11.5. The standard InChI is InChI=1S/C18H19N3O4S3/c1-4-25-14-8-7-12(10-16(14)28(23,24)21(2)3)19-17(22)13-11-27-18(20-13)15-6-5-9-26-15/h5-11H,4H2,1-3H3,(H,19,22). The van der Waals surface area contributed by atoms with E-state index in [9.17, 15) is 13.2 Å². The number of benzene rings is 1. The summed E-state index contributed by atoms with van der Waals surface area (Å²) in [6, 6.07) is 8.40. The van der Waals surface area contributed by atoms with Gasteiger partial charge in [0.05, 0.1) is 11.5 Å². The van der Waals surface area contributed by atoms with Crippen LogP contribution in [0.25, 0.3) is 9.88 Å². The van der Waals surface area contributed by atoms with Crippen LogP contribution in [0.4, 0.5) is 5.69 Å². The van der Waals surface area contributed by atoms with Crippen LogP contribution in [0.2, 0.25) is 0 Å². The maximum atomic E-state index is 12.6. The van der Waals surface area contributed by atoms with Gasteiger partial charge in [-0.15, -0.1) is 22.7 Å². The Hall–Kier alpha value is -2.27. The highest BCUT2D eigenvalue weighted by Gasteiger charge is 2.23. The van der Waals surface area contributed by atoms with E-state index in [0.29, 0.717) is 12.3 Å². The van der Waals surface area contributed by atoms with E-state index in [4.69, 9.17) is 4.74 Å². The zero-order valence-corrected chi connectivity index (χ0v) is 18.0. The maximum absolute atomic E-state index is 12.6. The molecule has 0 spiro atoms. The summed E-state index contributed by atoms with van der Waals surface area (Å²) in [7, 11) is -0.849. The molecule has 0 radical (unpaired) electrons. The quantitative estimate of drug-likeness (QED) is 0.608. The van der Waals surface area contributed by atoms with Gasteiger partial charge >= 0.3 is 0 Å². The lowest BCUT2D eigenvalue weighted by Gasteiger charge is -2.16. The van der Waals surface area contributed by atoms with Crippen molar-refractivity contribution >= 4 is 44.3 Å². The number of amides is 1. The van der Waals surface area contributed by atoms with Crippen LogP contribution >= 0.6 is 22.7 Å². The molecule has 0 fully saturated rings. The van der Waals surface area contributed by atoms with Crippen LogP contribution in [0.15, 0.2) is 46.0 Å². The van der Waals surface area contributed by atoms with Crippen LogP contribution in [0, 0.1) is 0 Å². The molecular formula is C18H19N3O4S3. The van der Waals surface area contributed by atoms with Crippen molar-refractivity contribution in [2.24, 2.45) is 0 Å². The Morgan fingerprint density at radius 3 is 2.68 bits per heavy atom. The molecule has 0 aliphatic carbocycles. The Morgan fingerprint density at radius 1 is 1.25 bits per heavy atom. The lowest BCUT2D eigenvalue weighted by atomic mass is 10.3. The first-order chi connectivity index (χ1) is 13.3. The Morgan fingerprint density at radius 2 is 2.04 bits per heavy atom. The van der Waals surface area contributed by atoms with Gasteiger partial charge in [0.2, 0.25) is 10.0 Å². The molecule has 1 aromatic carbocycles. The molecule has 2 heterocycles. The van der Waals surface area contributed by atoms with Gasteiger partial charge in [-0.3, -0.25) is 4.79 Å². The molecule has 28 heavy (non-hydrogen) atoms. The first-order valence-electron chi connectivity index (χ1n) is 8.33. The molecule has 0 bridgehead atoms. The Labute approximate surface area is 171 Å². The van der Waals surface area contributed by atoms with Crippen LogP contribution in [0.3, 0.4) is 0 Å². The fourth-order valence-electron chi connectivity index (χ4n) is 2.35. The summed E-state index contributed by atoms with van der Waals surface area (Å²) in [6.45, 7) is 2.10. The number of ether oxygens (including phenoxy) is 1. The molecule has 0 aliphatic heterocycles. The van der Waals surface area contributed by atoms with Gasteiger partial charge < -0.3 is 10.1 Å². The lowest BCUT2D eigenvalue weighted by Crippen LogP contribution is -2.23. The molecule has 7 nitrogen and oxygen atoms in total. The molecule has 148 valence electrons. The first kappa shape index (κ1) is 20.5. The number of hydrogen-bond donors (Lipinski definition) is 1. The molecule has 0 unspecified atom stereocenters. The molecule has 0 saturated heterocycles. The summed E-state index contributed by atoms with van der Waals surface area (Å²) in [5.41, 5.74) is 0.624. The second-order valence-corrected chi connectivity index (χ2v) is 9.78. The minimum atomic E-state index is -3.73. The second-order valence-electron chi connectivity index (χ2n) is 5.85. The summed E-state index contributed by atoms with van der Waals surface area (Å²) in [6.07, 6.45) is 0. The zero-order chi connectivity index (χ0) is 20.3. The van der Waals surface area contributed by atoms with Crippen molar-refractivity contribution in [3.8, 4) is 15.6 Å². The highest BCUT2D eigenvalue weighted by Crippen LogP contribution is 2.30. The number of hydrogen-bond acceptors (Lipinski definition) is 7. The highest BCUT2D eigenvalue weighted by molar-refractivity contribution is 7.89. The smallest absolute Gasteiger partial charge is 0.275 e. The van der Waals surface area contributed by atoms with Gasteiger partial charge in [0.25, 0.3) is 5.91 Å². The van der Waals surface area contributed by atoms with Gasteiger partial charge in [-0.1, -0.05) is 6.07 Å². The van der Waals surface area contributed by atoms with Gasteiger partial charge in [0.15, 0.2) is 0 Å². The Kier molecular flexibility index (Phi) is 6.14. The third-order valence-electron chi connectivity index (χ3n) is 3.73. The van der Waals surface area contributed by atoms with Crippen LogP contribution < -0.4 is 10.1 Å². The van der Waals surface area contributed by atoms with E-state index in [1.807, 2.05) is 17.5 Å². The maximum Gasteiger partial charge on any atom is 0.275 e. The summed E-state index contributed by atoms with van der Waals surface area (Å²) in [4.78, 5) is 17.9. The van der Waals surface area contributed by atoms with E-state index >= 15 is 0 Å². The molecule has 0 aliphatic rings. The summed E-state index contributed by atoms with van der Waals surface area (Å²) in [5.74, 6) is -0.167. The van der Waals surface area contributed by atoms with Crippen molar-refractivity contribution in [2.75, 3.05) is 26.0 Å². The number of thiazole rings is 1. The molecule has 0 atom stereocenters. The summed E-state index contributed by atoms with van der Waals surface area (Å²) in [5, 5.41) is 7.10. The monoisotopic (exact) mass is 437 g/mol. The van der Waals surface area contributed by atoms with Gasteiger partial charge in [-0.2, -0.15) is 0 Å². The van der Waals surface area contributed by atoms with Gasteiger partial charge in [-0.05, 0) is 36.6 Å². The third kappa shape index (κ3) is 4.25. The number of aromatic nitrogens is 1. The van der Waals surface area contributed by atoms with Crippen LogP contribution in [-0.2, 0) is 10.0 Å². The number of sulfonamides is 1. The van der Waals surface area contributed by atoms with Crippen molar-refractivity contribution in [3.05, 3.63) is 46.8 Å². The topological polar surface area (TPSA) is 88.6 Å². The zero-order valence-electron chi connectivity index (χ0n) is 15.5. The van der Waals surface area contributed by atoms with Gasteiger partial charge in [0.1, 0.15) is 21.3 Å². The number of rotatable bonds is 7. The number of anilines is 1. The van der Waals surface area contributed by atoms with Gasteiger partial charge in [-0.25, -0.2) is 17.7 Å². The largest absolute Gasteiger partial charge is 0.492 e. The van der Waals surface area contributed by atoms with Crippen molar-refractivity contribution in [1.82, 2.24) is 9.29 Å². The molecule has 3 rings (SSSR count). The number of nitrogens with one attached hydrogen (secondary N) is 1. The number of nitrogens with zero attached hydrogens (tertiary/aromatic N) is 2. The molecule has 1 N–H and O–H groups in total. The van der Waals surface area contributed by atoms with Crippen LogP contribution in [0.1, 0.15) is 17.4 Å². The fraction of sp³-hybridized carbons (Fsp3) is 0.222. The van der Waals surface area contributed by atoms with Crippen molar-refractivity contribution in [1.29, 1.82) is 0 Å².